The molecule has 0 saturated carbocycles. The molecule has 5 nitrogen and oxygen atoms in total. The molecule has 1 N–H and O–H groups in total. The lowest BCUT2D eigenvalue weighted by molar-refractivity contribution is -0.148. The second-order valence-corrected chi connectivity index (χ2v) is 7.09. The minimum atomic E-state index is -1.13. The number of carbonyl (C=O) groups is 2. The number of rotatable bonds is 8. The predicted octanol–water partition coefficient (Wildman–Crippen LogP) is 3.04. The Morgan fingerprint density at radius 2 is 1.67 bits per heavy atom. The number of hydrogen-bond donors (Lipinski definition) is 1. The zero-order valence-electron chi connectivity index (χ0n) is 16.5. The molecule has 0 aliphatic rings. The summed E-state index contributed by atoms with van der Waals surface area (Å²) in [4.78, 5) is 27.0. The van der Waals surface area contributed by atoms with Crippen LogP contribution in [0.5, 0.6) is 5.75 Å². The summed E-state index contributed by atoms with van der Waals surface area (Å²) in [7, 11) is 3.35. The van der Waals surface area contributed by atoms with Crippen molar-refractivity contribution in [2.45, 2.75) is 26.8 Å². The number of nitrogens with one attached hydrogen (secondary N) is 1. The van der Waals surface area contributed by atoms with Crippen LogP contribution in [0.15, 0.2) is 54.6 Å². The minimum absolute atomic E-state index is 0.207. The van der Waals surface area contributed by atoms with Crippen molar-refractivity contribution in [1.82, 2.24) is 10.2 Å². The minimum Gasteiger partial charge on any atom is -0.496 e. The maximum Gasteiger partial charge on any atom is 0.237 e. The van der Waals surface area contributed by atoms with Crippen LogP contribution in [0, 0.1) is 5.41 Å². The van der Waals surface area contributed by atoms with Crippen LogP contribution in [0.1, 0.15) is 25.0 Å². The zero-order valence-corrected chi connectivity index (χ0v) is 16.5. The number of amides is 2. The van der Waals surface area contributed by atoms with Gasteiger partial charge in [0, 0.05) is 20.1 Å². The first kappa shape index (κ1) is 20.5. The van der Waals surface area contributed by atoms with Crippen molar-refractivity contribution in [3.8, 4) is 5.75 Å². The Labute approximate surface area is 161 Å². The van der Waals surface area contributed by atoms with Crippen LogP contribution in [0.2, 0.25) is 0 Å². The third-order valence-corrected chi connectivity index (χ3v) is 4.58. The SMILES string of the molecule is COc1ccccc1CCNC(=O)C(C)(C)C(=O)N(C)Cc1ccccc1. The Bertz CT molecular complexity index is 772. The van der Waals surface area contributed by atoms with Crippen LogP contribution in [0.3, 0.4) is 0 Å². The number of hydrogen-bond acceptors (Lipinski definition) is 3. The molecule has 2 aromatic rings. The number of carbonyl (C=O) groups excluding carboxylic acids is 2. The number of benzene rings is 2. The van der Waals surface area contributed by atoms with Crippen molar-refractivity contribution in [3.05, 3.63) is 65.7 Å². The molecule has 2 aromatic carbocycles. The van der Waals surface area contributed by atoms with E-state index in [2.05, 4.69) is 5.32 Å². The average Bonchev–Trinajstić information content (AvgIpc) is 2.68. The third kappa shape index (κ3) is 5.33. The van der Waals surface area contributed by atoms with Gasteiger partial charge in [0.2, 0.25) is 11.8 Å². The highest BCUT2D eigenvalue weighted by molar-refractivity contribution is 6.04. The molecule has 0 aromatic heterocycles. The van der Waals surface area contributed by atoms with E-state index in [1.54, 1.807) is 32.9 Å². The van der Waals surface area contributed by atoms with Crippen molar-refractivity contribution in [2.75, 3.05) is 20.7 Å². The van der Waals surface area contributed by atoms with E-state index in [9.17, 15) is 9.59 Å². The molecular formula is C22H28N2O3. The number of nitrogens with zero attached hydrogens (tertiary/aromatic N) is 1. The van der Waals surface area contributed by atoms with Crippen molar-refractivity contribution >= 4 is 11.8 Å². The highest BCUT2D eigenvalue weighted by Crippen LogP contribution is 2.21. The van der Waals surface area contributed by atoms with Crippen LogP contribution < -0.4 is 10.1 Å². The molecule has 0 atom stereocenters. The van der Waals surface area contributed by atoms with Crippen LogP contribution in [-0.2, 0) is 22.6 Å². The fourth-order valence-corrected chi connectivity index (χ4v) is 2.94. The van der Waals surface area contributed by atoms with Gasteiger partial charge in [0.15, 0.2) is 0 Å². The van der Waals surface area contributed by atoms with Gasteiger partial charge in [0.05, 0.1) is 7.11 Å². The monoisotopic (exact) mass is 368 g/mol. The molecule has 0 aliphatic carbocycles. The molecule has 0 saturated heterocycles. The van der Waals surface area contributed by atoms with Crippen LogP contribution in [0.25, 0.3) is 0 Å². The largest absolute Gasteiger partial charge is 0.496 e. The summed E-state index contributed by atoms with van der Waals surface area (Å²) in [6.45, 7) is 4.24. The van der Waals surface area contributed by atoms with E-state index < -0.39 is 5.41 Å². The van der Waals surface area contributed by atoms with Gasteiger partial charge in [-0.1, -0.05) is 48.5 Å². The van der Waals surface area contributed by atoms with E-state index in [4.69, 9.17) is 4.74 Å². The van der Waals surface area contributed by atoms with Crippen molar-refractivity contribution < 1.29 is 14.3 Å². The van der Waals surface area contributed by atoms with Gasteiger partial charge in [-0.05, 0) is 37.5 Å². The van der Waals surface area contributed by atoms with Gasteiger partial charge < -0.3 is 15.0 Å². The molecular weight excluding hydrogens is 340 g/mol. The fourth-order valence-electron chi connectivity index (χ4n) is 2.94. The summed E-state index contributed by atoms with van der Waals surface area (Å²) in [5.41, 5.74) is 0.913. The summed E-state index contributed by atoms with van der Waals surface area (Å²) in [5, 5.41) is 2.88. The first-order chi connectivity index (χ1) is 12.9. The Hall–Kier alpha value is -2.82. The highest BCUT2D eigenvalue weighted by atomic mass is 16.5. The van der Waals surface area contributed by atoms with Gasteiger partial charge in [-0.25, -0.2) is 0 Å². The second-order valence-electron chi connectivity index (χ2n) is 7.09. The summed E-state index contributed by atoms with van der Waals surface area (Å²) in [6.07, 6.45) is 0.639. The fraction of sp³-hybridized carbons (Fsp3) is 0.364. The lowest BCUT2D eigenvalue weighted by Gasteiger charge is -2.28. The molecule has 0 fully saturated rings. The van der Waals surface area contributed by atoms with E-state index in [-0.39, 0.29) is 11.8 Å². The second kappa shape index (κ2) is 9.21. The molecule has 2 amide bonds. The molecule has 0 radical (unpaired) electrons. The van der Waals surface area contributed by atoms with E-state index >= 15 is 0 Å². The van der Waals surface area contributed by atoms with Gasteiger partial charge in [-0.3, -0.25) is 9.59 Å². The van der Waals surface area contributed by atoms with Gasteiger partial charge in [-0.15, -0.1) is 0 Å². The Kier molecular flexibility index (Phi) is 6.99. The van der Waals surface area contributed by atoms with Crippen molar-refractivity contribution in [2.24, 2.45) is 5.41 Å². The highest BCUT2D eigenvalue weighted by Gasteiger charge is 2.37. The number of para-hydroxylation sites is 1. The lowest BCUT2D eigenvalue weighted by atomic mass is 9.90. The van der Waals surface area contributed by atoms with Crippen LogP contribution in [0.4, 0.5) is 0 Å². The number of methoxy groups -OCH3 is 1. The Balaban J connectivity index is 1.92. The maximum atomic E-state index is 12.8. The summed E-state index contributed by atoms with van der Waals surface area (Å²) in [5.74, 6) is 0.313. The molecule has 0 spiro atoms. The summed E-state index contributed by atoms with van der Waals surface area (Å²) < 4.78 is 5.32. The molecule has 5 heteroatoms. The van der Waals surface area contributed by atoms with Crippen LogP contribution in [-0.4, -0.2) is 37.4 Å². The standard InChI is InChI=1S/C22H28N2O3/c1-22(2,21(26)24(3)16-17-10-6-5-7-11-17)20(25)23-15-14-18-12-8-9-13-19(18)27-4/h5-13H,14-16H2,1-4H3,(H,23,25). The Morgan fingerprint density at radius 1 is 1.04 bits per heavy atom. The summed E-state index contributed by atoms with van der Waals surface area (Å²) >= 11 is 0. The van der Waals surface area contributed by atoms with Gasteiger partial charge in [0.25, 0.3) is 0 Å². The van der Waals surface area contributed by atoms with E-state index in [0.717, 1.165) is 16.9 Å². The lowest BCUT2D eigenvalue weighted by Crippen LogP contribution is -2.48. The van der Waals surface area contributed by atoms with Crippen molar-refractivity contribution in [3.63, 3.8) is 0 Å². The van der Waals surface area contributed by atoms with Crippen LogP contribution >= 0.6 is 0 Å². The van der Waals surface area contributed by atoms with Gasteiger partial charge in [0.1, 0.15) is 11.2 Å². The third-order valence-electron chi connectivity index (χ3n) is 4.58. The average molecular weight is 368 g/mol. The van der Waals surface area contributed by atoms with E-state index in [1.165, 1.54) is 0 Å². The first-order valence-electron chi connectivity index (χ1n) is 9.06. The van der Waals surface area contributed by atoms with Gasteiger partial charge >= 0.3 is 0 Å². The number of ether oxygens (including phenoxy) is 1. The molecule has 0 unspecified atom stereocenters. The first-order valence-corrected chi connectivity index (χ1v) is 9.06. The quantitative estimate of drug-likeness (QED) is 0.729. The normalized spacial score (nSPS) is 11.0. The molecule has 0 aliphatic heterocycles. The maximum absolute atomic E-state index is 12.8. The van der Waals surface area contributed by atoms with Gasteiger partial charge in [-0.2, -0.15) is 0 Å². The predicted molar refractivity (Wildman–Crippen MR) is 106 cm³/mol. The summed E-state index contributed by atoms with van der Waals surface area (Å²) in [6, 6.07) is 17.4. The zero-order chi connectivity index (χ0) is 19.9. The molecule has 2 rings (SSSR count). The molecule has 0 heterocycles. The van der Waals surface area contributed by atoms with E-state index in [0.29, 0.717) is 19.5 Å². The Morgan fingerprint density at radius 3 is 2.33 bits per heavy atom. The van der Waals surface area contributed by atoms with Crippen molar-refractivity contribution in [1.29, 1.82) is 0 Å². The van der Waals surface area contributed by atoms with E-state index in [1.807, 2.05) is 54.6 Å². The molecule has 27 heavy (non-hydrogen) atoms. The molecule has 144 valence electrons. The smallest absolute Gasteiger partial charge is 0.237 e. The topological polar surface area (TPSA) is 58.6 Å². The molecule has 0 bridgehead atoms.